The molecule has 0 aromatic heterocycles. The van der Waals surface area contributed by atoms with Crippen LogP contribution in [0.3, 0.4) is 0 Å². The fourth-order valence-corrected chi connectivity index (χ4v) is 7.85. The summed E-state index contributed by atoms with van der Waals surface area (Å²) in [7, 11) is 7.81. The van der Waals surface area contributed by atoms with Crippen LogP contribution in [0.25, 0.3) is 0 Å². The number of hydrogen-bond acceptors (Lipinski definition) is 16. The summed E-state index contributed by atoms with van der Waals surface area (Å²) in [5, 5.41) is 9.98. The molecule has 17 heteroatoms. The molecule has 0 saturated carbocycles. The molecule has 0 spiro atoms. The van der Waals surface area contributed by atoms with E-state index in [4.69, 9.17) is 47.4 Å². The van der Waals surface area contributed by atoms with E-state index in [1.165, 1.54) is 35.2 Å². The minimum atomic E-state index is -1.38. The maximum absolute atomic E-state index is 12.9. The van der Waals surface area contributed by atoms with Crippen molar-refractivity contribution < 1.29 is 76.4 Å². The van der Waals surface area contributed by atoms with Gasteiger partial charge in [0.25, 0.3) is 0 Å². The van der Waals surface area contributed by atoms with Gasteiger partial charge in [0.2, 0.25) is 0 Å². The first kappa shape index (κ1) is 50.4. The summed E-state index contributed by atoms with van der Waals surface area (Å²) in [5.74, 6) is -4.37. The summed E-state index contributed by atoms with van der Waals surface area (Å²) in [4.78, 5) is 63.8. The molecule has 0 aromatic carbocycles. The molecule has 2 fully saturated rings. The molecule has 330 valence electrons. The lowest BCUT2D eigenvalue weighted by molar-refractivity contribution is -0.340. The molecule has 1 N–H and O–H groups in total. The summed E-state index contributed by atoms with van der Waals surface area (Å²) in [6, 6.07) is -0.662. The lowest BCUT2D eigenvalue weighted by Gasteiger charge is -2.51. The third-order valence-electron chi connectivity index (χ3n) is 11.3. The van der Waals surface area contributed by atoms with Crippen molar-refractivity contribution in [1.29, 1.82) is 0 Å². The van der Waals surface area contributed by atoms with Crippen molar-refractivity contribution in [2.75, 3.05) is 35.4 Å². The van der Waals surface area contributed by atoms with Gasteiger partial charge in [-0.1, -0.05) is 34.6 Å². The van der Waals surface area contributed by atoms with Gasteiger partial charge in [-0.15, -0.1) is 0 Å². The summed E-state index contributed by atoms with van der Waals surface area (Å²) < 4.78 is 60.7. The second kappa shape index (κ2) is 23.1. The Balaban J connectivity index is 2.79. The highest BCUT2D eigenvalue weighted by molar-refractivity contribution is 5.71. The fourth-order valence-electron chi connectivity index (χ4n) is 7.85. The molecule has 2 saturated heterocycles. The number of aliphatic carboxylic acids is 1. The van der Waals surface area contributed by atoms with E-state index in [1.54, 1.807) is 20.8 Å². The van der Waals surface area contributed by atoms with Crippen LogP contribution in [0.2, 0.25) is 0 Å². The summed E-state index contributed by atoms with van der Waals surface area (Å²) in [6.45, 7) is 16.0. The molecule has 57 heavy (non-hydrogen) atoms. The molecule has 0 aliphatic carbocycles. The molecule has 14 atom stereocenters. The highest BCUT2D eigenvalue weighted by atomic mass is 16.7. The van der Waals surface area contributed by atoms with Crippen molar-refractivity contribution in [3.8, 4) is 0 Å². The van der Waals surface area contributed by atoms with Crippen molar-refractivity contribution in [3.05, 3.63) is 0 Å². The zero-order chi connectivity index (χ0) is 43.4. The first-order chi connectivity index (χ1) is 26.6. The SMILES string of the molecule is CCC(=O)O[C@H](CC(=O)O)[C@H](OC)[C@@H](O[C@@H]1O[C@@H](C)C(O[C@H]2CC(C)(C)C(C)[C@H](C)O2)C(N(C)C)C1OC(C)=O)[C@@H](CC(OC)OC)C[C@@H](C)[C@@H](C=O)OC(C)=O. The predicted molar refractivity (Wildman–Crippen MR) is 204 cm³/mol. The minimum absolute atomic E-state index is 0.0549. The van der Waals surface area contributed by atoms with Crippen LogP contribution in [0.15, 0.2) is 0 Å². The van der Waals surface area contributed by atoms with Crippen molar-refractivity contribution in [2.24, 2.45) is 23.2 Å². The van der Waals surface area contributed by atoms with Crippen LogP contribution >= 0.6 is 0 Å². The van der Waals surface area contributed by atoms with Gasteiger partial charge in [0, 0.05) is 60.4 Å². The van der Waals surface area contributed by atoms with Crippen LogP contribution < -0.4 is 0 Å². The highest BCUT2D eigenvalue weighted by Crippen LogP contribution is 2.43. The number of esters is 3. The number of carbonyl (C=O) groups excluding carboxylic acids is 4. The van der Waals surface area contributed by atoms with Crippen LogP contribution in [0, 0.1) is 23.2 Å². The van der Waals surface area contributed by atoms with Gasteiger partial charge in [-0.2, -0.15) is 0 Å². The maximum atomic E-state index is 12.9. The molecule has 0 bridgehead atoms. The number of methoxy groups -OCH3 is 3. The number of hydrogen-bond donors (Lipinski definition) is 1. The number of rotatable bonds is 23. The Bertz CT molecular complexity index is 1290. The molecule has 0 amide bonds. The Morgan fingerprint density at radius 3 is 2.00 bits per heavy atom. The first-order valence-electron chi connectivity index (χ1n) is 19.7. The number of likely N-dealkylation sites (N-methyl/N-ethyl adjacent to an activating group) is 1. The average molecular weight is 820 g/mol. The Morgan fingerprint density at radius 1 is 0.895 bits per heavy atom. The second-order valence-electron chi connectivity index (χ2n) is 16.2. The number of carbonyl (C=O) groups is 5. The minimum Gasteiger partial charge on any atom is -0.481 e. The van der Waals surface area contributed by atoms with Crippen LogP contribution in [-0.2, 0) is 71.3 Å². The van der Waals surface area contributed by atoms with E-state index in [1.807, 2.05) is 25.9 Å². The Morgan fingerprint density at radius 2 is 1.53 bits per heavy atom. The summed E-state index contributed by atoms with van der Waals surface area (Å²) >= 11 is 0. The third kappa shape index (κ3) is 14.5. The fraction of sp³-hybridized carbons (Fsp3) is 0.875. The van der Waals surface area contributed by atoms with Crippen LogP contribution in [0.5, 0.6) is 0 Å². The smallest absolute Gasteiger partial charge is 0.307 e. The van der Waals surface area contributed by atoms with Crippen molar-refractivity contribution >= 4 is 30.2 Å². The van der Waals surface area contributed by atoms with Crippen molar-refractivity contribution in [2.45, 2.75) is 168 Å². The molecule has 0 radical (unpaired) electrons. The Kier molecular flexibility index (Phi) is 20.4. The van der Waals surface area contributed by atoms with Gasteiger partial charge in [-0.05, 0) is 51.6 Å². The van der Waals surface area contributed by atoms with E-state index in [-0.39, 0.29) is 36.7 Å². The van der Waals surface area contributed by atoms with E-state index >= 15 is 0 Å². The molecule has 2 aliphatic heterocycles. The monoisotopic (exact) mass is 819 g/mol. The third-order valence-corrected chi connectivity index (χ3v) is 11.3. The lowest BCUT2D eigenvalue weighted by atomic mass is 9.73. The average Bonchev–Trinajstić information content (AvgIpc) is 3.11. The van der Waals surface area contributed by atoms with Crippen molar-refractivity contribution in [3.63, 3.8) is 0 Å². The predicted octanol–water partition coefficient (Wildman–Crippen LogP) is 3.75. The Labute approximate surface area is 337 Å². The summed E-state index contributed by atoms with van der Waals surface area (Å²) in [5.41, 5.74) is -0.0987. The summed E-state index contributed by atoms with van der Waals surface area (Å²) in [6.07, 6.45) is -9.82. The van der Waals surface area contributed by atoms with E-state index < -0.39 is 110 Å². The van der Waals surface area contributed by atoms with Crippen molar-refractivity contribution in [1.82, 2.24) is 4.90 Å². The molecular formula is C40H69NO16. The van der Waals surface area contributed by atoms with Gasteiger partial charge in [0.1, 0.15) is 18.3 Å². The van der Waals surface area contributed by atoms with Crippen LogP contribution in [0.4, 0.5) is 0 Å². The topological polar surface area (TPSA) is 201 Å². The quantitative estimate of drug-likeness (QED) is 0.0675. The molecular weight excluding hydrogens is 750 g/mol. The van der Waals surface area contributed by atoms with Crippen LogP contribution in [0.1, 0.15) is 94.4 Å². The standard InChI is InChI=1S/C40H69NO16/c1-15-31(47)55-28(18-30(45)46)37(50-14)36(27(17-32(48-12)49-13)16-21(2)29(20-42)53-25(6)43)57-39-38(54-26(7)44)34(41(10)11)35(24(5)52-39)56-33-19-40(8,9)22(3)23(4)51-33/h20-24,27-29,32-39H,15-19H2,1-14H3,(H,45,46)/t21-,22?,23+,24+,27-,28-,29-,33+,34?,35?,36+,37+,38?,39+/m1/s1. The molecule has 17 nitrogen and oxygen atoms in total. The molecule has 2 aliphatic rings. The van der Waals surface area contributed by atoms with Gasteiger partial charge in [-0.3, -0.25) is 24.0 Å². The van der Waals surface area contributed by atoms with E-state index in [0.29, 0.717) is 12.7 Å². The molecule has 0 aromatic rings. The maximum Gasteiger partial charge on any atom is 0.307 e. The van der Waals surface area contributed by atoms with Gasteiger partial charge >= 0.3 is 23.9 Å². The zero-order valence-electron chi connectivity index (χ0n) is 36.3. The number of nitrogens with zero attached hydrogens (tertiary/aromatic N) is 1. The Hall–Kier alpha value is -2.77. The van der Waals surface area contributed by atoms with E-state index in [0.717, 1.165) is 0 Å². The van der Waals surface area contributed by atoms with Crippen LogP contribution in [-0.4, -0.2) is 149 Å². The normalized spacial score (nSPS) is 29.4. The number of carboxylic acid groups (broad SMARTS) is 1. The van der Waals surface area contributed by atoms with Gasteiger partial charge in [-0.25, -0.2) is 0 Å². The molecule has 2 heterocycles. The largest absolute Gasteiger partial charge is 0.481 e. The van der Waals surface area contributed by atoms with E-state index in [9.17, 15) is 29.1 Å². The van der Waals surface area contributed by atoms with Gasteiger partial charge < -0.3 is 57.4 Å². The first-order valence-corrected chi connectivity index (χ1v) is 19.7. The van der Waals surface area contributed by atoms with Gasteiger partial charge in [0.05, 0.1) is 30.8 Å². The van der Waals surface area contributed by atoms with Gasteiger partial charge in [0.15, 0.2) is 37.4 Å². The lowest BCUT2D eigenvalue weighted by Crippen LogP contribution is -2.66. The van der Waals surface area contributed by atoms with E-state index in [2.05, 4.69) is 20.8 Å². The molecule has 2 rings (SSSR count). The number of aldehydes is 1. The number of ether oxygens (including phenoxy) is 10. The highest BCUT2D eigenvalue weighted by Gasteiger charge is 2.53. The number of carboxylic acids is 1. The second-order valence-corrected chi connectivity index (χ2v) is 16.2. The zero-order valence-corrected chi connectivity index (χ0v) is 36.3. The molecule has 4 unspecified atom stereocenters.